The molecular formula is C13H8F4N2O. The minimum Gasteiger partial charge on any atom is -0.396 e. The maximum Gasteiger partial charge on any atom is 0.257 e. The van der Waals surface area contributed by atoms with Crippen molar-refractivity contribution in [3.05, 3.63) is 59.2 Å². The highest BCUT2D eigenvalue weighted by molar-refractivity contribution is 6.07. The first-order valence-electron chi connectivity index (χ1n) is 5.40. The van der Waals surface area contributed by atoms with E-state index in [1.807, 2.05) is 5.32 Å². The van der Waals surface area contributed by atoms with Crippen LogP contribution in [0.3, 0.4) is 0 Å². The number of nitrogens with one attached hydrogen (secondary N) is 1. The third-order valence-electron chi connectivity index (χ3n) is 2.54. The summed E-state index contributed by atoms with van der Waals surface area (Å²) >= 11 is 0. The van der Waals surface area contributed by atoms with Gasteiger partial charge in [0.2, 0.25) is 0 Å². The zero-order valence-electron chi connectivity index (χ0n) is 9.88. The number of rotatable bonds is 2. The Balaban J connectivity index is 2.35. The Kier molecular flexibility index (Phi) is 3.60. The number of carbonyl (C=O) groups is 1. The molecule has 0 unspecified atom stereocenters. The van der Waals surface area contributed by atoms with Crippen molar-refractivity contribution in [2.24, 2.45) is 0 Å². The number of benzene rings is 2. The molecule has 2 aromatic carbocycles. The summed E-state index contributed by atoms with van der Waals surface area (Å²) in [5.74, 6) is -5.75. The lowest BCUT2D eigenvalue weighted by molar-refractivity contribution is 0.102. The van der Waals surface area contributed by atoms with Crippen molar-refractivity contribution >= 4 is 17.3 Å². The van der Waals surface area contributed by atoms with Gasteiger partial charge < -0.3 is 11.1 Å². The number of halogens is 4. The van der Waals surface area contributed by atoms with Crippen molar-refractivity contribution in [2.45, 2.75) is 0 Å². The molecule has 7 heteroatoms. The van der Waals surface area contributed by atoms with Crippen molar-refractivity contribution in [3.8, 4) is 0 Å². The lowest BCUT2D eigenvalue weighted by Gasteiger charge is -2.09. The monoisotopic (exact) mass is 284 g/mol. The molecule has 0 aromatic heterocycles. The largest absolute Gasteiger partial charge is 0.396 e. The molecule has 0 aliphatic carbocycles. The first kappa shape index (κ1) is 13.9. The normalized spacial score (nSPS) is 10.4. The summed E-state index contributed by atoms with van der Waals surface area (Å²) in [5.41, 5.74) is 3.95. The van der Waals surface area contributed by atoms with Crippen LogP contribution in [0.25, 0.3) is 0 Å². The molecule has 0 bridgehead atoms. The highest BCUT2D eigenvalue weighted by Gasteiger charge is 2.17. The Bertz CT molecular complexity index is 688. The van der Waals surface area contributed by atoms with Gasteiger partial charge in [-0.05, 0) is 12.1 Å². The van der Waals surface area contributed by atoms with E-state index in [9.17, 15) is 22.4 Å². The second-order valence-corrected chi connectivity index (χ2v) is 3.90. The molecule has 0 saturated carbocycles. The van der Waals surface area contributed by atoms with Crippen molar-refractivity contribution in [1.29, 1.82) is 0 Å². The summed E-state index contributed by atoms with van der Waals surface area (Å²) in [4.78, 5) is 11.8. The van der Waals surface area contributed by atoms with Gasteiger partial charge in [0, 0.05) is 12.1 Å². The lowest BCUT2D eigenvalue weighted by Crippen LogP contribution is -2.16. The number of hydrogen-bond acceptors (Lipinski definition) is 2. The Labute approximate surface area is 111 Å². The molecule has 0 radical (unpaired) electrons. The van der Waals surface area contributed by atoms with Crippen LogP contribution in [0.4, 0.5) is 28.9 Å². The Morgan fingerprint density at radius 1 is 1.05 bits per heavy atom. The first-order chi connectivity index (χ1) is 9.40. The smallest absolute Gasteiger partial charge is 0.257 e. The fourth-order valence-electron chi connectivity index (χ4n) is 1.57. The maximum atomic E-state index is 13.4. The molecule has 3 N–H and O–H groups in total. The van der Waals surface area contributed by atoms with E-state index in [1.54, 1.807) is 0 Å². The fraction of sp³-hybridized carbons (Fsp3) is 0. The van der Waals surface area contributed by atoms with E-state index in [4.69, 9.17) is 5.73 Å². The predicted octanol–water partition coefficient (Wildman–Crippen LogP) is 3.08. The molecule has 0 heterocycles. The Morgan fingerprint density at radius 3 is 2.45 bits per heavy atom. The third-order valence-corrected chi connectivity index (χ3v) is 2.54. The van der Waals surface area contributed by atoms with Crippen LogP contribution >= 0.6 is 0 Å². The van der Waals surface area contributed by atoms with E-state index in [0.717, 1.165) is 6.07 Å². The molecule has 0 aliphatic heterocycles. The number of carbonyl (C=O) groups excluding carboxylic acids is 1. The third kappa shape index (κ3) is 2.56. The van der Waals surface area contributed by atoms with Crippen LogP contribution in [0.1, 0.15) is 10.4 Å². The van der Waals surface area contributed by atoms with Crippen LogP contribution in [0, 0.1) is 23.3 Å². The van der Waals surface area contributed by atoms with Crippen molar-refractivity contribution in [2.75, 3.05) is 11.1 Å². The van der Waals surface area contributed by atoms with Gasteiger partial charge in [0.05, 0.1) is 16.9 Å². The molecule has 20 heavy (non-hydrogen) atoms. The number of anilines is 2. The standard InChI is InChI=1S/C13H8F4N2O/c14-6-4-9(16)11(17)10(5-6)19-13(20)7-2-1-3-8(15)12(7)18/h1-5H,18H2,(H,19,20). The molecule has 1 amide bonds. The van der Waals surface area contributed by atoms with Gasteiger partial charge in [0.1, 0.15) is 11.6 Å². The predicted molar refractivity (Wildman–Crippen MR) is 65.1 cm³/mol. The average molecular weight is 284 g/mol. The number of amides is 1. The minimum atomic E-state index is -1.45. The number of nitrogen functional groups attached to an aromatic ring is 1. The van der Waals surface area contributed by atoms with E-state index < -0.39 is 40.6 Å². The molecule has 2 aromatic rings. The van der Waals surface area contributed by atoms with E-state index in [1.165, 1.54) is 12.1 Å². The maximum absolute atomic E-state index is 13.4. The second-order valence-electron chi connectivity index (χ2n) is 3.90. The van der Waals surface area contributed by atoms with Gasteiger partial charge >= 0.3 is 0 Å². The summed E-state index contributed by atoms with van der Waals surface area (Å²) in [6.45, 7) is 0. The molecule has 0 saturated heterocycles. The molecule has 2 rings (SSSR count). The van der Waals surface area contributed by atoms with Crippen LogP contribution in [-0.4, -0.2) is 5.91 Å². The van der Waals surface area contributed by atoms with Crippen LogP contribution < -0.4 is 11.1 Å². The van der Waals surface area contributed by atoms with Gasteiger partial charge in [-0.25, -0.2) is 17.6 Å². The van der Waals surface area contributed by atoms with Gasteiger partial charge in [0.25, 0.3) is 5.91 Å². The fourth-order valence-corrected chi connectivity index (χ4v) is 1.57. The van der Waals surface area contributed by atoms with E-state index in [2.05, 4.69) is 0 Å². The first-order valence-corrected chi connectivity index (χ1v) is 5.40. The zero-order chi connectivity index (χ0) is 14.9. The molecular weight excluding hydrogens is 276 g/mol. The lowest BCUT2D eigenvalue weighted by atomic mass is 10.1. The number of para-hydroxylation sites is 1. The average Bonchev–Trinajstić information content (AvgIpc) is 2.38. The van der Waals surface area contributed by atoms with Gasteiger partial charge in [-0.3, -0.25) is 4.79 Å². The van der Waals surface area contributed by atoms with Crippen molar-refractivity contribution in [3.63, 3.8) is 0 Å². The topological polar surface area (TPSA) is 55.1 Å². The van der Waals surface area contributed by atoms with Gasteiger partial charge in [-0.15, -0.1) is 0 Å². The zero-order valence-corrected chi connectivity index (χ0v) is 9.88. The van der Waals surface area contributed by atoms with Gasteiger partial charge in [-0.1, -0.05) is 6.07 Å². The van der Waals surface area contributed by atoms with Crippen LogP contribution in [0.2, 0.25) is 0 Å². The molecule has 0 aliphatic rings. The highest BCUT2D eigenvalue weighted by atomic mass is 19.2. The molecule has 0 spiro atoms. The Hall–Kier alpha value is -2.57. The quantitative estimate of drug-likeness (QED) is 0.506. The van der Waals surface area contributed by atoms with Crippen LogP contribution in [0.5, 0.6) is 0 Å². The number of nitrogens with two attached hydrogens (primary N) is 1. The second kappa shape index (κ2) is 5.20. The van der Waals surface area contributed by atoms with Gasteiger partial charge in [-0.2, -0.15) is 0 Å². The molecule has 3 nitrogen and oxygen atoms in total. The van der Waals surface area contributed by atoms with Crippen molar-refractivity contribution in [1.82, 2.24) is 0 Å². The summed E-state index contributed by atoms with van der Waals surface area (Å²) in [7, 11) is 0. The van der Waals surface area contributed by atoms with E-state index in [-0.39, 0.29) is 5.56 Å². The summed E-state index contributed by atoms with van der Waals surface area (Å²) in [6.07, 6.45) is 0. The van der Waals surface area contributed by atoms with E-state index >= 15 is 0 Å². The summed E-state index contributed by atoms with van der Waals surface area (Å²) in [5, 5.41) is 1.94. The molecule has 0 atom stereocenters. The van der Waals surface area contributed by atoms with Crippen molar-refractivity contribution < 1.29 is 22.4 Å². The summed E-state index contributed by atoms with van der Waals surface area (Å²) < 4.78 is 52.5. The molecule has 104 valence electrons. The molecule has 0 fully saturated rings. The number of hydrogen-bond donors (Lipinski definition) is 2. The van der Waals surface area contributed by atoms with Gasteiger partial charge in [0.15, 0.2) is 11.6 Å². The van der Waals surface area contributed by atoms with Crippen LogP contribution in [0.15, 0.2) is 30.3 Å². The minimum absolute atomic E-state index is 0.269. The van der Waals surface area contributed by atoms with Crippen LogP contribution in [-0.2, 0) is 0 Å². The SMILES string of the molecule is Nc1c(F)cccc1C(=O)Nc1cc(F)cc(F)c1F. The highest BCUT2D eigenvalue weighted by Crippen LogP contribution is 2.22. The van der Waals surface area contributed by atoms with E-state index in [0.29, 0.717) is 12.1 Å². The summed E-state index contributed by atoms with van der Waals surface area (Å²) in [6, 6.07) is 4.40. The Morgan fingerprint density at radius 2 is 1.75 bits per heavy atom.